The molecule has 2 rings (SSSR count). The summed E-state index contributed by atoms with van der Waals surface area (Å²) >= 11 is 3.31. The minimum atomic E-state index is -0.784. The fourth-order valence-corrected chi connectivity index (χ4v) is 2.59. The Kier molecular flexibility index (Phi) is 6.51. The fourth-order valence-electron chi connectivity index (χ4n) is 2.21. The SMILES string of the molecule is COc1ccc(NC(=O)/C(C#N)=C/c2cc(Br)ccc2OC)c([N+](=O)[O-])c1. The molecular weight excluding hydrogens is 418 g/mol. The number of benzene rings is 2. The summed E-state index contributed by atoms with van der Waals surface area (Å²) in [4.78, 5) is 23.0. The van der Waals surface area contributed by atoms with Crippen LogP contribution in [0.25, 0.3) is 6.08 Å². The van der Waals surface area contributed by atoms with E-state index in [2.05, 4.69) is 21.2 Å². The van der Waals surface area contributed by atoms with Gasteiger partial charge in [0.25, 0.3) is 11.6 Å². The lowest BCUT2D eigenvalue weighted by molar-refractivity contribution is -0.384. The van der Waals surface area contributed by atoms with E-state index in [4.69, 9.17) is 9.47 Å². The summed E-state index contributed by atoms with van der Waals surface area (Å²) in [7, 11) is 2.84. The summed E-state index contributed by atoms with van der Waals surface area (Å²) < 4.78 is 10.9. The largest absolute Gasteiger partial charge is 0.496 e. The molecule has 8 nitrogen and oxygen atoms in total. The first-order valence-electron chi connectivity index (χ1n) is 7.48. The van der Waals surface area contributed by atoms with Crippen LogP contribution >= 0.6 is 15.9 Å². The van der Waals surface area contributed by atoms with Gasteiger partial charge < -0.3 is 14.8 Å². The van der Waals surface area contributed by atoms with Crippen LogP contribution in [0.5, 0.6) is 11.5 Å². The predicted octanol–water partition coefficient (Wildman–Crippen LogP) is 3.92. The van der Waals surface area contributed by atoms with Gasteiger partial charge in [0.15, 0.2) is 0 Å². The number of nitro groups is 1. The molecule has 0 aliphatic heterocycles. The number of carbonyl (C=O) groups excluding carboxylic acids is 1. The molecule has 1 N–H and O–H groups in total. The van der Waals surface area contributed by atoms with E-state index in [1.54, 1.807) is 24.3 Å². The molecule has 9 heteroatoms. The van der Waals surface area contributed by atoms with Crippen molar-refractivity contribution in [2.45, 2.75) is 0 Å². The van der Waals surface area contributed by atoms with Gasteiger partial charge in [-0.2, -0.15) is 5.26 Å². The van der Waals surface area contributed by atoms with Crippen LogP contribution in [0, 0.1) is 21.4 Å². The molecule has 0 saturated heterocycles. The van der Waals surface area contributed by atoms with Gasteiger partial charge in [0.05, 0.1) is 25.2 Å². The molecule has 0 spiro atoms. The van der Waals surface area contributed by atoms with E-state index in [9.17, 15) is 20.2 Å². The van der Waals surface area contributed by atoms with E-state index in [1.165, 1.54) is 38.5 Å². The van der Waals surface area contributed by atoms with Gasteiger partial charge in [-0.3, -0.25) is 14.9 Å². The van der Waals surface area contributed by atoms with E-state index in [1.807, 2.05) is 0 Å². The van der Waals surface area contributed by atoms with Crippen molar-refractivity contribution in [1.82, 2.24) is 0 Å². The number of nitrogens with one attached hydrogen (secondary N) is 1. The number of ether oxygens (including phenoxy) is 2. The van der Waals surface area contributed by atoms with Crippen molar-refractivity contribution in [2.75, 3.05) is 19.5 Å². The second-order valence-electron chi connectivity index (χ2n) is 5.15. The Morgan fingerprint density at radius 1 is 1.26 bits per heavy atom. The molecule has 0 atom stereocenters. The van der Waals surface area contributed by atoms with Gasteiger partial charge in [0, 0.05) is 10.0 Å². The van der Waals surface area contributed by atoms with E-state index in [0.717, 1.165) is 4.47 Å². The lowest BCUT2D eigenvalue weighted by Gasteiger charge is -2.08. The van der Waals surface area contributed by atoms with Gasteiger partial charge in [-0.25, -0.2) is 0 Å². The number of halogens is 1. The lowest BCUT2D eigenvalue weighted by atomic mass is 10.1. The Morgan fingerprint density at radius 2 is 2.00 bits per heavy atom. The zero-order valence-corrected chi connectivity index (χ0v) is 15.9. The first-order valence-corrected chi connectivity index (χ1v) is 8.28. The van der Waals surface area contributed by atoms with E-state index >= 15 is 0 Å². The Balaban J connectivity index is 2.38. The third-order valence-corrected chi connectivity index (χ3v) is 4.00. The Morgan fingerprint density at radius 3 is 2.59 bits per heavy atom. The molecule has 0 fully saturated rings. The van der Waals surface area contributed by atoms with Gasteiger partial charge in [0.1, 0.15) is 28.8 Å². The molecule has 0 radical (unpaired) electrons. The molecule has 0 bridgehead atoms. The van der Waals surface area contributed by atoms with Crippen LogP contribution in [0.4, 0.5) is 11.4 Å². The summed E-state index contributed by atoms with van der Waals surface area (Å²) in [6.45, 7) is 0. The number of methoxy groups -OCH3 is 2. The Bertz CT molecular complexity index is 966. The van der Waals surface area contributed by atoms with Gasteiger partial charge >= 0.3 is 0 Å². The minimum Gasteiger partial charge on any atom is -0.496 e. The van der Waals surface area contributed by atoms with Crippen LogP contribution in [-0.2, 0) is 4.79 Å². The Hall–Kier alpha value is -3.38. The number of nitrogens with zero attached hydrogens (tertiary/aromatic N) is 2. The first kappa shape index (κ1) is 19.9. The maximum atomic E-state index is 12.5. The highest BCUT2D eigenvalue weighted by molar-refractivity contribution is 9.10. The van der Waals surface area contributed by atoms with Crippen LogP contribution in [0.3, 0.4) is 0 Å². The number of carbonyl (C=O) groups is 1. The van der Waals surface area contributed by atoms with Crippen LogP contribution in [-0.4, -0.2) is 25.1 Å². The third-order valence-electron chi connectivity index (χ3n) is 3.51. The number of nitriles is 1. The second kappa shape index (κ2) is 8.82. The normalized spacial score (nSPS) is 10.7. The standard InChI is InChI=1S/C18H14BrN3O5/c1-26-14-4-5-15(16(9-14)22(24)25)21-18(23)12(10-20)7-11-8-13(19)3-6-17(11)27-2/h3-9H,1-2H3,(H,21,23)/b12-7+. The molecule has 0 unspecified atom stereocenters. The highest BCUT2D eigenvalue weighted by Gasteiger charge is 2.19. The summed E-state index contributed by atoms with van der Waals surface area (Å²) in [6, 6.07) is 10.9. The van der Waals surface area contributed by atoms with Crippen molar-refractivity contribution >= 4 is 39.3 Å². The van der Waals surface area contributed by atoms with Crippen molar-refractivity contribution in [3.8, 4) is 17.6 Å². The number of hydrogen-bond donors (Lipinski definition) is 1. The van der Waals surface area contributed by atoms with Crippen molar-refractivity contribution < 1.29 is 19.2 Å². The monoisotopic (exact) mass is 431 g/mol. The molecule has 27 heavy (non-hydrogen) atoms. The predicted molar refractivity (Wildman–Crippen MR) is 103 cm³/mol. The maximum Gasteiger partial charge on any atom is 0.296 e. The van der Waals surface area contributed by atoms with Gasteiger partial charge in [0.2, 0.25) is 0 Å². The third kappa shape index (κ3) is 4.83. The zero-order valence-electron chi connectivity index (χ0n) is 14.4. The van der Waals surface area contributed by atoms with Gasteiger partial charge in [-0.1, -0.05) is 15.9 Å². The number of anilines is 1. The lowest BCUT2D eigenvalue weighted by Crippen LogP contribution is -2.14. The first-order chi connectivity index (χ1) is 12.9. The maximum absolute atomic E-state index is 12.5. The summed E-state index contributed by atoms with van der Waals surface area (Å²) in [5.41, 5.74) is -0.132. The number of rotatable bonds is 6. The van der Waals surface area contributed by atoms with Gasteiger partial charge in [-0.05, 0) is 36.4 Å². The van der Waals surface area contributed by atoms with E-state index in [0.29, 0.717) is 11.3 Å². The molecule has 0 aliphatic carbocycles. The summed E-state index contributed by atoms with van der Waals surface area (Å²) in [5, 5.41) is 23.0. The Labute approximate surface area is 163 Å². The molecule has 0 aliphatic rings. The number of nitro benzene ring substituents is 1. The summed E-state index contributed by atoms with van der Waals surface area (Å²) in [5.74, 6) is -0.0448. The van der Waals surface area contributed by atoms with E-state index < -0.39 is 10.8 Å². The molecule has 2 aromatic carbocycles. The van der Waals surface area contributed by atoms with Crippen LogP contribution in [0.1, 0.15) is 5.56 Å². The topological polar surface area (TPSA) is 114 Å². The van der Waals surface area contributed by atoms with Crippen molar-refractivity contribution in [3.05, 3.63) is 62.1 Å². The minimum absolute atomic E-state index is 0.0480. The summed E-state index contributed by atoms with van der Waals surface area (Å²) in [6.07, 6.45) is 1.34. The highest BCUT2D eigenvalue weighted by Crippen LogP contribution is 2.30. The van der Waals surface area contributed by atoms with Crippen molar-refractivity contribution in [2.24, 2.45) is 0 Å². The average Bonchev–Trinajstić information content (AvgIpc) is 2.66. The van der Waals surface area contributed by atoms with Gasteiger partial charge in [-0.15, -0.1) is 0 Å². The molecular formula is C18H14BrN3O5. The molecule has 2 aromatic rings. The zero-order chi connectivity index (χ0) is 20.0. The number of amides is 1. The quantitative estimate of drug-likeness (QED) is 0.320. The molecule has 0 aromatic heterocycles. The van der Waals surface area contributed by atoms with E-state index in [-0.39, 0.29) is 22.7 Å². The molecule has 0 heterocycles. The fraction of sp³-hybridized carbons (Fsp3) is 0.111. The second-order valence-corrected chi connectivity index (χ2v) is 6.07. The number of hydrogen-bond acceptors (Lipinski definition) is 6. The smallest absolute Gasteiger partial charge is 0.296 e. The van der Waals surface area contributed by atoms with Crippen LogP contribution < -0.4 is 14.8 Å². The van der Waals surface area contributed by atoms with Crippen LogP contribution in [0.2, 0.25) is 0 Å². The average molecular weight is 432 g/mol. The van der Waals surface area contributed by atoms with Crippen molar-refractivity contribution in [1.29, 1.82) is 5.26 Å². The molecule has 1 amide bonds. The van der Waals surface area contributed by atoms with Crippen molar-refractivity contribution in [3.63, 3.8) is 0 Å². The highest BCUT2D eigenvalue weighted by atomic mass is 79.9. The molecule has 0 saturated carbocycles. The molecule has 138 valence electrons. The van der Waals surface area contributed by atoms with Crippen LogP contribution in [0.15, 0.2) is 46.4 Å².